The Balaban J connectivity index is 2.45. The van der Waals surface area contributed by atoms with Crippen molar-refractivity contribution in [2.75, 3.05) is 27.2 Å². The van der Waals surface area contributed by atoms with Crippen LogP contribution in [0.2, 0.25) is 0 Å². The molecule has 3 nitrogen and oxygen atoms in total. The molecule has 0 heterocycles. The van der Waals surface area contributed by atoms with Gasteiger partial charge in [0.05, 0.1) is 14.1 Å². The Morgan fingerprint density at radius 2 is 2.00 bits per heavy atom. The summed E-state index contributed by atoms with van der Waals surface area (Å²) in [6.07, 6.45) is 1.35. The maximum Gasteiger partial charge on any atom is 0.180 e. The van der Waals surface area contributed by atoms with Crippen LogP contribution in [0.15, 0.2) is 43.0 Å². The minimum Gasteiger partial charge on any atom is -0.365 e. The van der Waals surface area contributed by atoms with Gasteiger partial charge in [0.15, 0.2) is 5.78 Å². The number of carbonyl (C=O) groups is 1. The molecule has 0 aliphatic rings. The van der Waals surface area contributed by atoms with Gasteiger partial charge in [0.2, 0.25) is 0 Å². The summed E-state index contributed by atoms with van der Waals surface area (Å²) in [5.41, 5.74) is 1.31. The second kappa shape index (κ2) is 7.22. The average molecular weight is 262 g/mol. The summed E-state index contributed by atoms with van der Waals surface area (Å²) in [6, 6.07) is 10.4. The van der Waals surface area contributed by atoms with Crippen LogP contribution in [0, 0.1) is 0 Å². The lowest BCUT2D eigenvalue weighted by molar-refractivity contribution is -0.906. The Bertz CT molecular complexity index is 412. The maximum atomic E-state index is 11.1. The van der Waals surface area contributed by atoms with E-state index in [0.717, 1.165) is 17.6 Å². The lowest BCUT2D eigenvalue weighted by atomic mass is 10.2. The Labute approximate surface area is 116 Å². The van der Waals surface area contributed by atoms with Crippen molar-refractivity contribution in [2.45, 2.75) is 19.6 Å². The van der Waals surface area contributed by atoms with E-state index in [1.807, 2.05) is 13.0 Å². The van der Waals surface area contributed by atoms with E-state index in [1.54, 1.807) is 0 Å². The largest absolute Gasteiger partial charge is 0.365 e. The third-order valence-electron chi connectivity index (χ3n) is 2.94. The first-order chi connectivity index (χ1) is 8.93. The molecular formula is C16H24NO2+. The summed E-state index contributed by atoms with van der Waals surface area (Å²) in [7, 11) is 4.34. The van der Waals surface area contributed by atoms with Crippen molar-refractivity contribution in [3.8, 4) is 0 Å². The zero-order valence-corrected chi connectivity index (χ0v) is 12.1. The molecule has 19 heavy (non-hydrogen) atoms. The molecule has 1 aromatic rings. The second-order valence-electron chi connectivity index (χ2n) is 5.55. The van der Waals surface area contributed by atoms with Gasteiger partial charge in [-0.15, -0.1) is 0 Å². The van der Waals surface area contributed by atoms with E-state index in [2.05, 4.69) is 44.9 Å². The van der Waals surface area contributed by atoms with Crippen molar-refractivity contribution in [2.24, 2.45) is 0 Å². The predicted octanol–water partition coefficient (Wildman–Crippen LogP) is 2.42. The zero-order valence-electron chi connectivity index (χ0n) is 12.1. The van der Waals surface area contributed by atoms with Crippen LogP contribution >= 0.6 is 0 Å². The van der Waals surface area contributed by atoms with E-state index in [1.165, 1.54) is 11.6 Å². The van der Waals surface area contributed by atoms with E-state index in [9.17, 15) is 4.79 Å². The normalized spacial score (nSPS) is 13.0. The molecule has 0 aliphatic carbocycles. The quantitative estimate of drug-likeness (QED) is 0.531. The van der Waals surface area contributed by atoms with E-state index in [-0.39, 0.29) is 18.5 Å². The second-order valence-corrected chi connectivity index (χ2v) is 5.55. The van der Waals surface area contributed by atoms with Crippen molar-refractivity contribution in [3.05, 3.63) is 48.6 Å². The van der Waals surface area contributed by atoms with Crippen LogP contribution in [-0.4, -0.2) is 43.6 Å². The van der Waals surface area contributed by atoms with Crippen LogP contribution in [0.3, 0.4) is 0 Å². The highest BCUT2D eigenvalue weighted by atomic mass is 16.5. The number of nitrogens with zero attached hydrogens (tertiary/aromatic N) is 1. The lowest BCUT2D eigenvalue weighted by Gasteiger charge is -2.32. The highest BCUT2D eigenvalue weighted by Gasteiger charge is 2.20. The van der Waals surface area contributed by atoms with E-state index in [0.29, 0.717) is 0 Å². The van der Waals surface area contributed by atoms with Crippen LogP contribution in [0.25, 0.3) is 0 Å². The number of quaternary nitrogens is 1. The summed E-state index contributed by atoms with van der Waals surface area (Å²) in [5.74, 6) is -0.0692. The highest BCUT2D eigenvalue weighted by molar-refractivity contribution is 5.90. The van der Waals surface area contributed by atoms with Gasteiger partial charge in [-0.3, -0.25) is 4.79 Å². The Morgan fingerprint density at radius 1 is 1.37 bits per heavy atom. The van der Waals surface area contributed by atoms with Crippen molar-refractivity contribution in [3.63, 3.8) is 0 Å². The van der Waals surface area contributed by atoms with Gasteiger partial charge >= 0.3 is 0 Å². The van der Waals surface area contributed by atoms with E-state index < -0.39 is 0 Å². The molecule has 0 bridgehead atoms. The number of likely N-dealkylation sites (N-methyl/N-ethyl adjacent to an activating group) is 1. The summed E-state index contributed by atoms with van der Waals surface area (Å²) in [4.78, 5) is 11.1. The summed E-state index contributed by atoms with van der Waals surface area (Å²) >= 11 is 0. The van der Waals surface area contributed by atoms with Gasteiger partial charge in [-0.25, -0.2) is 0 Å². The van der Waals surface area contributed by atoms with Gasteiger partial charge in [-0.1, -0.05) is 36.9 Å². The monoisotopic (exact) mass is 262 g/mol. The lowest BCUT2D eigenvalue weighted by Crippen LogP contribution is -2.44. The summed E-state index contributed by atoms with van der Waals surface area (Å²) in [5, 5.41) is 0. The zero-order chi connectivity index (χ0) is 14.3. The van der Waals surface area contributed by atoms with Crippen LogP contribution in [0.5, 0.6) is 0 Å². The molecule has 1 aromatic carbocycles. The minimum atomic E-state index is -0.0692. The summed E-state index contributed by atoms with van der Waals surface area (Å²) < 4.78 is 6.36. The number of benzene rings is 1. The molecule has 0 fully saturated rings. The SMILES string of the molecule is C=CC(=O)COC(C)C[N+](C)(C)Cc1ccccc1. The van der Waals surface area contributed by atoms with Crippen molar-refractivity contribution in [1.29, 1.82) is 0 Å². The smallest absolute Gasteiger partial charge is 0.180 e. The van der Waals surface area contributed by atoms with Gasteiger partial charge in [-0.2, -0.15) is 0 Å². The van der Waals surface area contributed by atoms with Gasteiger partial charge in [0, 0.05) is 5.56 Å². The van der Waals surface area contributed by atoms with Crippen LogP contribution in [0.4, 0.5) is 0 Å². The number of rotatable bonds is 8. The molecular weight excluding hydrogens is 238 g/mol. The molecule has 0 saturated carbocycles. The van der Waals surface area contributed by atoms with Crippen LogP contribution < -0.4 is 0 Å². The Morgan fingerprint density at radius 3 is 2.58 bits per heavy atom. The molecule has 0 N–H and O–H groups in total. The molecule has 0 spiro atoms. The van der Waals surface area contributed by atoms with Gasteiger partial charge in [0.1, 0.15) is 25.8 Å². The van der Waals surface area contributed by atoms with E-state index in [4.69, 9.17) is 4.74 Å². The third kappa shape index (κ3) is 6.32. The fourth-order valence-electron chi connectivity index (χ4n) is 2.17. The molecule has 0 aromatic heterocycles. The topological polar surface area (TPSA) is 26.3 Å². The molecule has 0 radical (unpaired) electrons. The predicted molar refractivity (Wildman–Crippen MR) is 77.7 cm³/mol. The van der Waals surface area contributed by atoms with Crippen molar-refractivity contribution < 1.29 is 14.0 Å². The van der Waals surface area contributed by atoms with Gasteiger partial charge in [0.25, 0.3) is 0 Å². The number of hydrogen-bond donors (Lipinski definition) is 0. The number of hydrogen-bond acceptors (Lipinski definition) is 2. The van der Waals surface area contributed by atoms with Crippen LogP contribution in [0.1, 0.15) is 12.5 Å². The van der Waals surface area contributed by atoms with Gasteiger partial charge < -0.3 is 9.22 Å². The first-order valence-electron chi connectivity index (χ1n) is 6.56. The molecule has 1 atom stereocenters. The molecule has 0 amide bonds. The third-order valence-corrected chi connectivity index (χ3v) is 2.94. The maximum absolute atomic E-state index is 11.1. The molecule has 1 rings (SSSR count). The first-order valence-corrected chi connectivity index (χ1v) is 6.56. The van der Waals surface area contributed by atoms with Crippen molar-refractivity contribution >= 4 is 5.78 Å². The highest BCUT2D eigenvalue weighted by Crippen LogP contribution is 2.11. The molecule has 3 heteroatoms. The summed E-state index contributed by atoms with van der Waals surface area (Å²) in [6.45, 7) is 7.37. The van der Waals surface area contributed by atoms with E-state index >= 15 is 0 Å². The number of ketones is 1. The average Bonchev–Trinajstić information content (AvgIpc) is 2.36. The molecule has 1 unspecified atom stereocenters. The Hall–Kier alpha value is -1.45. The number of carbonyl (C=O) groups excluding carboxylic acids is 1. The molecule has 0 aliphatic heterocycles. The van der Waals surface area contributed by atoms with Crippen LogP contribution in [-0.2, 0) is 16.1 Å². The first kappa shape index (κ1) is 15.6. The number of ether oxygens (including phenoxy) is 1. The Kier molecular flexibility index (Phi) is 5.93. The molecule has 0 saturated heterocycles. The molecule has 104 valence electrons. The minimum absolute atomic E-state index is 0.0441. The standard InChI is InChI=1S/C16H24NO2/c1-5-16(18)13-19-14(2)11-17(3,4)12-15-9-7-6-8-10-15/h5-10,14H,1,11-13H2,2-4H3/q+1. The fourth-order valence-corrected chi connectivity index (χ4v) is 2.17. The van der Waals surface area contributed by atoms with Crippen molar-refractivity contribution in [1.82, 2.24) is 0 Å². The fraction of sp³-hybridized carbons (Fsp3) is 0.438. The van der Waals surface area contributed by atoms with Gasteiger partial charge in [-0.05, 0) is 13.0 Å².